The molecule has 1 aromatic carbocycles. The third kappa shape index (κ3) is 2.84. The first-order chi connectivity index (χ1) is 10.3. The molecule has 116 valence electrons. The third-order valence-electron chi connectivity index (χ3n) is 3.75. The topological polar surface area (TPSA) is 109 Å². The van der Waals surface area contributed by atoms with Gasteiger partial charge in [-0.15, -0.1) is 0 Å². The number of benzene rings is 1. The van der Waals surface area contributed by atoms with Crippen LogP contribution in [0, 0.1) is 0 Å². The van der Waals surface area contributed by atoms with Crippen LogP contribution < -0.4 is 11.1 Å². The minimum atomic E-state index is -1.08. The van der Waals surface area contributed by atoms with Crippen LogP contribution in [-0.4, -0.2) is 41.3 Å². The molecule has 1 aromatic rings. The van der Waals surface area contributed by atoms with E-state index in [2.05, 4.69) is 5.32 Å². The van der Waals surface area contributed by atoms with Gasteiger partial charge >= 0.3 is 0 Å². The third-order valence-corrected chi connectivity index (χ3v) is 3.75. The van der Waals surface area contributed by atoms with E-state index in [1.807, 2.05) is 0 Å². The highest BCUT2D eigenvalue weighted by atomic mass is 16.3. The summed E-state index contributed by atoms with van der Waals surface area (Å²) in [6.45, 7) is 2.87. The second kappa shape index (κ2) is 6.21. The summed E-state index contributed by atoms with van der Waals surface area (Å²) in [6, 6.07) is 5.50. The molecular formula is C16H18N2O4. The largest absolute Gasteiger partial charge is 0.391 e. The van der Waals surface area contributed by atoms with Gasteiger partial charge in [-0.1, -0.05) is 24.3 Å². The summed E-state index contributed by atoms with van der Waals surface area (Å²) < 4.78 is 0. The molecule has 0 spiro atoms. The fourth-order valence-electron chi connectivity index (χ4n) is 2.28. The van der Waals surface area contributed by atoms with Gasteiger partial charge in [-0.3, -0.25) is 14.4 Å². The van der Waals surface area contributed by atoms with Crippen LogP contribution in [0.15, 0.2) is 35.4 Å². The molecule has 6 nitrogen and oxygen atoms in total. The normalized spacial score (nSPS) is 17.1. The zero-order valence-electron chi connectivity index (χ0n) is 12.4. The molecule has 0 radical (unpaired) electrons. The number of nitrogens with two attached hydrogens (primary N) is 1. The average molecular weight is 302 g/mol. The van der Waals surface area contributed by atoms with Crippen LogP contribution in [0.25, 0.3) is 0 Å². The van der Waals surface area contributed by atoms with E-state index < -0.39 is 18.1 Å². The van der Waals surface area contributed by atoms with E-state index in [4.69, 9.17) is 5.73 Å². The van der Waals surface area contributed by atoms with Gasteiger partial charge in [0.05, 0.1) is 6.10 Å². The van der Waals surface area contributed by atoms with Crippen molar-refractivity contribution in [2.24, 2.45) is 5.73 Å². The number of allylic oxidation sites excluding steroid dienone is 1. The van der Waals surface area contributed by atoms with Gasteiger partial charge in [0.1, 0.15) is 6.04 Å². The van der Waals surface area contributed by atoms with E-state index in [0.29, 0.717) is 16.7 Å². The highest BCUT2D eigenvalue weighted by Gasteiger charge is 2.30. The van der Waals surface area contributed by atoms with Crippen molar-refractivity contribution in [2.75, 3.05) is 6.54 Å². The Bertz CT molecular complexity index is 676. The fraction of sp³-hybridized carbons (Fsp3) is 0.312. The lowest BCUT2D eigenvalue weighted by Crippen LogP contribution is -2.48. The molecule has 0 saturated heterocycles. The molecule has 1 aliphatic rings. The van der Waals surface area contributed by atoms with E-state index >= 15 is 0 Å². The van der Waals surface area contributed by atoms with E-state index in [-0.39, 0.29) is 23.7 Å². The summed E-state index contributed by atoms with van der Waals surface area (Å²) in [4.78, 5) is 36.5. The summed E-state index contributed by atoms with van der Waals surface area (Å²) >= 11 is 0. The Hall–Kier alpha value is -2.31. The molecule has 1 amide bonds. The lowest BCUT2D eigenvalue weighted by molar-refractivity contribution is -0.124. The second-order valence-electron chi connectivity index (χ2n) is 5.29. The average Bonchev–Trinajstić information content (AvgIpc) is 2.51. The van der Waals surface area contributed by atoms with Gasteiger partial charge in [-0.2, -0.15) is 0 Å². The molecule has 0 saturated carbocycles. The first-order valence-corrected chi connectivity index (χ1v) is 6.94. The number of amides is 1. The number of aliphatic hydroxyl groups excluding tert-OH is 1. The Balaban J connectivity index is 2.22. The van der Waals surface area contributed by atoms with Crippen LogP contribution in [0.1, 0.15) is 34.6 Å². The molecule has 4 N–H and O–H groups in total. The molecule has 22 heavy (non-hydrogen) atoms. The Labute approximate surface area is 128 Å². The summed E-state index contributed by atoms with van der Waals surface area (Å²) in [6.07, 6.45) is -1.00. The molecule has 2 atom stereocenters. The van der Waals surface area contributed by atoms with Crippen LogP contribution in [-0.2, 0) is 4.79 Å². The summed E-state index contributed by atoms with van der Waals surface area (Å²) in [7, 11) is 0. The maximum absolute atomic E-state index is 12.4. The monoisotopic (exact) mass is 302 g/mol. The minimum Gasteiger partial charge on any atom is -0.391 e. The predicted molar refractivity (Wildman–Crippen MR) is 80.5 cm³/mol. The molecule has 0 bridgehead atoms. The van der Waals surface area contributed by atoms with Crippen LogP contribution in [0.4, 0.5) is 0 Å². The number of rotatable bonds is 4. The standard InChI is InChI=1S/C16H18N2O4/c1-8-12(7-18-16(22)13(17)9(2)19)15(21)11-6-4-3-5-10(11)14(8)20/h3-6,9,13,19H,7,17H2,1-2H3,(H,18,22)/t9-,13+/m1/s1. The molecule has 2 rings (SSSR count). The molecule has 0 fully saturated rings. The van der Waals surface area contributed by atoms with Crippen molar-refractivity contribution < 1.29 is 19.5 Å². The van der Waals surface area contributed by atoms with Gasteiger partial charge in [-0.05, 0) is 13.8 Å². The number of carbonyl (C=O) groups excluding carboxylic acids is 3. The van der Waals surface area contributed by atoms with E-state index in [1.54, 1.807) is 31.2 Å². The molecule has 0 aliphatic heterocycles. The van der Waals surface area contributed by atoms with E-state index in [0.717, 1.165) is 0 Å². The maximum atomic E-state index is 12.4. The van der Waals surface area contributed by atoms with Gasteiger partial charge in [0.25, 0.3) is 0 Å². The Morgan fingerprint density at radius 1 is 1.23 bits per heavy atom. The number of aliphatic hydroxyl groups is 1. The highest BCUT2D eigenvalue weighted by molar-refractivity contribution is 6.26. The number of hydrogen-bond acceptors (Lipinski definition) is 5. The van der Waals surface area contributed by atoms with Crippen molar-refractivity contribution in [1.29, 1.82) is 0 Å². The molecule has 0 aromatic heterocycles. The van der Waals surface area contributed by atoms with Gasteiger partial charge < -0.3 is 16.2 Å². The van der Waals surface area contributed by atoms with Crippen LogP contribution in [0.3, 0.4) is 0 Å². The summed E-state index contributed by atoms with van der Waals surface area (Å²) in [5, 5.41) is 11.8. The van der Waals surface area contributed by atoms with Crippen LogP contribution in [0.2, 0.25) is 0 Å². The maximum Gasteiger partial charge on any atom is 0.239 e. The molecule has 1 aliphatic carbocycles. The SMILES string of the molecule is CC1=C(CNC(=O)[C@@H](N)[C@@H](C)O)C(=O)c2ccccc2C1=O. The van der Waals surface area contributed by atoms with E-state index in [1.165, 1.54) is 6.92 Å². The summed E-state index contributed by atoms with van der Waals surface area (Å²) in [5.74, 6) is -1.08. The second-order valence-corrected chi connectivity index (χ2v) is 5.29. The van der Waals surface area contributed by atoms with Crippen molar-refractivity contribution >= 4 is 17.5 Å². The molecule has 0 unspecified atom stereocenters. The number of hydrogen-bond donors (Lipinski definition) is 3. The Morgan fingerprint density at radius 3 is 2.32 bits per heavy atom. The van der Waals surface area contributed by atoms with Gasteiger partial charge in [-0.25, -0.2) is 0 Å². The Kier molecular flexibility index (Phi) is 4.54. The van der Waals surface area contributed by atoms with Crippen molar-refractivity contribution in [3.63, 3.8) is 0 Å². The summed E-state index contributed by atoms with van der Waals surface area (Å²) in [5.41, 5.74) is 6.79. The van der Waals surface area contributed by atoms with Crippen LogP contribution >= 0.6 is 0 Å². The molecule has 6 heteroatoms. The zero-order valence-corrected chi connectivity index (χ0v) is 12.4. The first-order valence-electron chi connectivity index (χ1n) is 6.94. The van der Waals surface area contributed by atoms with Crippen molar-refractivity contribution in [3.8, 4) is 0 Å². The minimum absolute atomic E-state index is 0.0933. The quantitative estimate of drug-likeness (QED) is 0.736. The molecular weight excluding hydrogens is 284 g/mol. The number of fused-ring (bicyclic) bond motifs is 1. The van der Waals surface area contributed by atoms with Crippen molar-refractivity contribution in [3.05, 3.63) is 46.5 Å². The smallest absolute Gasteiger partial charge is 0.239 e. The van der Waals surface area contributed by atoms with Gasteiger partial charge in [0, 0.05) is 28.8 Å². The Morgan fingerprint density at radius 2 is 1.77 bits per heavy atom. The number of Topliss-reactive ketones (excluding diaryl/α,β-unsaturated/α-hetero) is 2. The number of nitrogens with one attached hydrogen (secondary N) is 1. The van der Waals surface area contributed by atoms with Crippen molar-refractivity contribution in [1.82, 2.24) is 5.32 Å². The highest BCUT2D eigenvalue weighted by Crippen LogP contribution is 2.25. The van der Waals surface area contributed by atoms with Crippen LogP contribution in [0.5, 0.6) is 0 Å². The van der Waals surface area contributed by atoms with E-state index in [9.17, 15) is 19.5 Å². The first kappa shape index (κ1) is 16.1. The van der Waals surface area contributed by atoms with Gasteiger partial charge in [0.15, 0.2) is 11.6 Å². The fourth-order valence-corrected chi connectivity index (χ4v) is 2.28. The van der Waals surface area contributed by atoms with Gasteiger partial charge in [0.2, 0.25) is 5.91 Å². The predicted octanol–water partition coefficient (Wildman–Crippen LogP) is 0.206. The number of carbonyl (C=O) groups is 3. The molecule has 0 heterocycles. The lowest BCUT2D eigenvalue weighted by atomic mass is 9.84. The lowest BCUT2D eigenvalue weighted by Gasteiger charge is -2.20. The zero-order chi connectivity index (χ0) is 16.4. The number of ketones is 2. The van der Waals surface area contributed by atoms with Crippen molar-refractivity contribution in [2.45, 2.75) is 26.0 Å².